The van der Waals surface area contributed by atoms with Crippen molar-refractivity contribution in [2.45, 2.75) is 39.7 Å². The molecule has 0 spiro atoms. The molecule has 1 aliphatic heterocycles. The molecule has 2 rings (SSSR count). The van der Waals surface area contributed by atoms with Crippen LogP contribution in [0.3, 0.4) is 0 Å². The Labute approximate surface area is 151 Å². The predicted molar refractivity (Wildman–Crippen MR) is 94.5 cm³/mol. The Hall–Kier alpha value is -1.77. The quantitative estimate of drug-likeness (QED) is 0.499. The Morgan fingerprint density at radius 1 is 1.40 bits per heavy atom. The molecule has 3 N–H and O–H groups in total. The largest absolute Gasteiger partial charge is 0.462 e. The van der Waals surface area contributed by atoms with Crippen molar-refractivity contribution >= 4 is 34.0 Å². The molecule has 2 atom stereocenters. The van der Waals surface area contributed by atoms with E-state index in [1.165, 1.54) is 6.92 Å². The summed E-state index contributed by atoms with van der Waals surface area (Å²) in [7, 11) is 0. The number of anilines is 1. The van der Waals surface area contributed by atoms with Gasteiger partial charge in [0.15, 0.2) is 12.3 Å². The van der Waals surface area contributed by atoms with E-state index in [0.29, 0.717) is 22.0 Å². The molecular weight excluding hydrogens is 344 g/mol. The average molecular weight is 369 g/mol. The standard InChI is InChI=1S/C17H24N2O5S/c1-4-24-17(23)14-10(2)15(11(3)20)25-16(14)18-13(22)9-19-7-5-6-12(21)8-19/h12,21H,4-9H2,1-3H3,(H,18,22)/p+1/t12-/m1/s1. The highest BCUT2D eigenvalue weighted by molar-refractivity contribution is 7.18. The van der Waals surface area contributed by atoms with Gasteiger partial charge in [-0.25, -0.2) is 4.79 Å². The lowest BCUT2D eigenvalue weighted by molar-refractivity contribution is -0.900. The summed E-state index contributed by atoms with van der Waals surface area (Å²) in [5.41, 5.74) is 0.783. The number of carbonyl (C=O) groups is 3. The lowest BCUT2D eigenvalue weighted by atomic mass is 10.1. The topological polar surface area (TPSA) is 97.1 Å². The lowest BCUT2D eigenvalue weighted by Crippen LogP contribution is -3.15. The first kappa shape index (κ1) is 19.6. The second kappa shape index (κ2) is 8.55. The summed E-state index contributed by atoms with van der Waals surface area (Å²) < 4.78 is 5.05. The molecule has 0 aromatic carbocycles. The molecule has 1 aliphatic rings. The van der Waals surface area contributed by atoms with E-state index >= 15 is 0 Å². The summed E-state index contributed by atoms with van der Waals surface area (Å²) >= 11 is 1.10. The zero-order valence-corrected chi connectivity index (χ0v) is 15.6. The third-order valence-corrected chi connectivity index (χ3v) is 5.51. The van der Waals surface area contributed by atoms with Crippen LogP contribution in [0.4, 0.5) is 5.00 Å². The van der Waals surface area contributed by atoms with Gasteiger partial charge in [-0.05, 0) is 39.2 Å². The summed E-state index contributed by atoms with van der Waals surface area (Å²) in [5.74, 6) is -0.941. The van der Waals surface area contributed by atoms with E-state index in [4.69, 9.17) is 4.74 Å². The molecule has 1 saturated heterocycles. The molecule has 1 amide bonds. The fourth-order valence-corrected chi connectivity index (χ4v) is 4.18. The van der Waals surface area contributed by atoms with Gasteiger partial charge in [0.25, 0.3) is 5.91 Å². The summed E-state index contributed by atoms with van der Waals surface area (Å²) in [6.07, 6.45) is 1.27. The fraction of sp³-hybridized carbons (Fsp3) is 0.588. The lowest BCUT2D eigenvalue weighted by Gasteiger charge is -2.26. The van der Waals surface area contributed by atoms with Crippen LogP contribution >= 0.6 is 11.3 Å². The Balaban J connectivity index is 2.16. The number of carbonyl (C=O) groups excluding carboxylic acids is 3. The molecule has 1 unspecified atom stereocenters. The molecule has 0 saturated carbocycles. The average Bonchev–Trinajstić information content (AvgIpc) is 2.84. The van der Waals surface area contributed by atoms with Crippen LogP contribution in [-0.4, -0.2) is 55.1 Å². The number of amides is 1. The first-order valence-electron chi connectivity index (χ1n) is 8.46. The molecule has 0 bridgehead atoms. The van der Waals surface area contributed by atoms with Gasteiger partial charge in [0.2, 0.25) is 0 Å². The number of aliphatic hydroxyl groups is 1. The zero-order valence-electron chi connectivity index (χ0n) is 14.8. The highest BCUT2D eigenvalue weighted by Gasteiger charge is 2.27. The number of thiophene rings is 1. The number of hydrogen-bond donors (Lipinski definition) is 3. The van der Waals surface area contributed by atoms with Crippen LogP contribution in [0, 0.1) is 6.92 Å². The second-order valence-corrected chi connectivity index (χ2v) is 7.28. The van der Waals surface area contributed by atoms with Crippen LogP contribution < -0.4 is 10.2 Å². The van der Waals surface area contributed by atoms with Crippen molar-refractivity contribution in [3.63, 3.8) is 0 Å². The first-order valence-corrected chi connectivity index (χ1v) is 9.28. The number of Topliss-reactive ketones (excluding diaryl/α,β-unsaturated/α-hetero) is 1. The van der Waals surface area contributed by atoms with Crippen molar-refractivity contribution < 1.29 is 29.1 Å². The number of rotatable bonds is 6. The Bertz CT molecular complexity index is 670. The number of ether oxygens (including phenoxy) is 1. The van der Waals surface area contributed by atoms with Gasteiger partial charge in [-0.2, -0.15) is 0 Å². The number of hydrogen-bond acceptors (Lipinski definition) is 6. The van der Waals surface area contributed by atoms with Crippen LogP contribution in [-0.2, 0) is 9.53 Å². The monoisotopic (exact) mass is 369 g/mol. The molecule has 1 aromatic heterocycles. The molecule has 25 heavy (non-hydrogen) atoms. The number of nitrogens with one attached hydrogen (secondary N) is 2. The fourth-order valence-electron chi connectivity index (χ4n) is 3.07. The molecule has 0 radical (unpaired) electrons. The highest BCUT2D eigenvalue weighted by Crippen LogP contribution is 2.34. The van der Waals surface area contributed by atoms with Crippen molar-refractivity contribution in [1.29, 1.82) is 0 Å². The third kappa shape index (κ3) is 4.87. The smallest absolute Gasteiger partial charge is 0.341 e. The van der Waals surface area contributed by atoms with E-state index in [-0.39, 0.29) is 36.5 Å². The number of quaternary nitrogens is 1. The van der Waals surface area contributed by atoms with Gasteiger partial charge < -0.3 is 20.1 Å². The Kier molecular flexibility index (Phi) is 6.69. The molecule has 138 valence electrons. The van der Waals surface area contributed by atoms with Crippen molar-refractivity contribution in [2.75, 3.05) is 31.6 Å². The summed E-state index contributed by atoms with van der Waals surface area (Å²) in [6.45, 7) is 6.62. The van der Waals surface area contributed by atoms with Crippen LogP contribution in [0.5, 0.6) is 0 Å². The maximum atomic E-state index is 12.4. The molecule has 8 heteroatoms. The maximum Gasteiger partial charge on any atom is 0.341 e. The number of esters is 1. The predicted octanol–water partition coefficient (Wildman–Crippen LogP) is 0.414. The van der Waals surface area contributed by atoms with Crippen molar-refractivity contribution in [3.05, 3.63) is 16.0 Å². The van der Waals surface area contributed by atoms with Crippen LogP contribution in [0.25, 0.3) is 0 Å². The van der Waals surface area contributed by atoms with Gasteiger partial charge >= 0.3 is 5.97 Å². The summed E-state index contributed by atoms with van der Waals surface area (Å²) in [4.78, 5) is 37.8. The number of aliphatic hydroxyl groups excluding tert-OH is 1. The molecule has 1 fully saturated rings. The molecule has 2 heterocycles. The van der Waals surface area contributed by atoms with Gasteiger partial charge in [0.1, 0.15) is 17.6 Å². The zero-order chi connectivity index (χ0) is 18.6. The summed E-state index contributed by atoms with van der Waals surface area (Å²) in [5, 5.41) is 12.8. The molecular formula is C17H25N2O5S+. The summed E-state index contributed by atoms with van der Waals surface area (Å²) in [6, 6.07) is 0. The van der Waals surface area contributed by atoms with Gasteiger partial charge in [0, 0.05) is 0 Å². The Morgan fingerprint density at radius 2 is 2.12 bits per heavy atom. The second-order valence-electron chi connectivity index (χ2n) is 6.26. The van der Waals surface area contributed by atoms with Crippen molar-refractivity contribution in [1.82, 2.24) is 0 Å². The van der Waals surface area contributed by atoms with E-state index in [0.717, 1.165) is 35.6 Å². The highest BCUT2D eigenvalue weighted by atomic mass is 32.1. The number of ketones is 1. The third-order valence-electron chi connectivity index (χ3n) is 4.20. The molecule has 1 aromatic rings. The molecule has 0 aliphatic carbocycles. The van der Waals surface area contributed by atoms with Gasteiger partial charge in [-0.1, -0.05) is 0 Å². The van der Waals surface area contributed by atoms with E-state index < -0.39 is 5.97 Å². The minimum atomic E-state index is -0.542. The number of piperidine rings is 1. The maximum absolute atomic E-state index is 12.4. The van der Waals surface area contributed by atoms with E-state index in [1.807, 2.05) is 0 Å². The minimum Gasteiger partial charge on any atom is -0.462 e. The van der Waals surface area contributed by atoms with E-state index in [9.17, 15) is 19.5 Å². The van der Waals surface area contributed by atoms with Crippen molar-refractivity contribution in [3.8, 4) is 0 Å². The van der Waals surface area contributed by atoms with Gasteiger partial charge in [0.05, 0.1) is 23.6 Å². The normalized spacial score (nSPS) is 20.2. The van der Waals surface area contributed by atoms with Crippen molar-refractivity contribution in [2.24, 2.45) is 0 Å². The van der Waals surface area contributed by atoms with E-state index in [1.54, 1.807) is 13.8 Å². The van der Waals surface area contributed by atoms with Gasteiger partial charge in [-0.3, -0.25) is 9.59 Å². The first-order chi connectivity index (χ1) is 11.8. The SMILES string of the molecule is CCOC(=O)c1c(NC(=O)C[NH+]2CCC[C@@H](O)C2)sc(C(C)=O)c1C. The van der Waals surface area contributed by atoms with Crippen LogP contribution in [0.15, 0.2) is 0 Å². The van der Waals surface area contributed by atoms with Gasteiger partial charge in [-0.15, -0.1) is 11.3 Å². The molecule has 7 nitrogen and oxygen atoms in total. The van der Waals surface area contributed by atoms with Crippen LogP contribution in [0.1, 0.15) is 52.3 Å². The minimum absolute atomic E-state index is 0.154. The van der Waals surface area contributed by atoms with Crippen LogP contribution in [0.2, 0.25) is 0 Å². The Morgan fingerprint density at radius 3 is 2.72 bits per heavy atom. The van der Waals surface area contributed by atoms with E-state index in [2.05, 4.69) is 5.32 Å². The number of likely N-dealkylation sites (tertiary alicyclic amines) is 1.